The van der Waals surface area contributed by atoms with E-state index in [1.165, 1.54) is 57.9 Å². The average molecular weight is 262 g/mol. The van der Waals surface area contributed by atoms with Crippen LogP contribution in [0.5, 0.6) is 0 Å². The summed E-state index contributed by atoms with van der Waals surface area (Å²) in [5.74, 6) is 1.17. The molecule has 0 aromatic rings. The van der Waals surface area contributed by atoms with E-state index in [1.807, 2.05) is 0 Å². The van der Waals surface area contributed by atoms with Gasteiger partial charge in [0, 0.05) is 12.1 Å². The maximum Gasteiger partial charge on any atom is 0.0672 e. The maximum atomic E-state index is 9.48. The van der Waals surface area contributed by atoms with E-state index in [4.69, 9.17) is 0 Å². The van der Waals surface area contributed by atoms with Gasteiger partial charge in [-0.3, -0.25) is 4.90 Å². The second kappa shape index (κ2) is 7.29. The summed E-state index contributed by atoms with van der Waals surface area (Å²) in [5.41, 5.74) is 0. The Kier molecular flexibility index (Phi) is 5.70. The summed E-state index contributed by atoms with van der Waals surface area (Å²) in [6, 6.07) is 3.99. The minimum Gasteiger partial charge on any atom is -0.296 e. The molecule has 0 aliphatic heterocycles. The van der Waals surface area contributed by atoms with Crippen molar-refractivity contribution in [2.45, 2.75) is 83.7 Å². The largest absolute Gasteiger partial charge is 0.296 e. The summed E-state index contributed by atoms with van der Waals surface area (Å²) < 4.78 is 0. The van der Waals surface area contributed by atoms with E-state index in [-0.39, 0.29) is 0 Å². The van der Waals surface area contributed by atoms with Crippen molar-refractivity contribution in [2.24, 2.45) is 11.8 Å². The monoisotopic (exact) mass is 262 g/mol. The molecule has 3 unspecified atom stereocenters. The Morgan fingerprint density at radius 3 is 2.47 bits per heavy atom. The quantitative estimate of drug-likeness (QED) is 0.681. The van der Waals surface area contributed by atoms with Gasteiger partial charge in [-0.05, 0) is 51.0 Å². The van der Waals surface area contributed by atoms with Crippen molar-refractivity contribution in [3.8, 4) is 6.07 Å². The molecule has 0 amide bonds. The summed E-state index contributed by atoms with van der Waals surface area (Å²) in [4.78, 5) is 2.72. The molecule has 0 aromatic carbocycles. The zero-order chi connectivity index (χ0) is 13.7. The molecule has 2 nitrogen and oxygen atoms in total. The van der Waals surface area contributed by atoms with E-state index < -0.39 is 0 Å². The van der Waals surface area contributed by atoms with Crippen LogP contribution in [0, 0.1) is 23.2 Å². The first kappa shape index (κ1) is 14.9. The van der Waals surface area contributed by atoms with Crippen LogP contribution in [-0.4, -0.2) is 23.5 Å². The van der Waals surface area contributed by atoms with Crippen molar-refractivity contribution in [1.82, 2.24) is 4.90 Å². The number of hydrogen-bond acceptors (Lipinski definition) is 2. The number of hydrogen-bond donors (Lipinski definition) is 0. The number of unbranched alkanes of at least 4 members (excludes halogenated alkanes) is 1. The zero-order valence-corrected chi connectivity index (χ0v) is 12.8. The summed E-state index contributed by atoms with van der Waals surface area (Å²) in [7, 11) is 0. The van der Waals surface area contributed by atoms with Crippen LogP contribution < -0.4 is 0 Å². The Balaban J connectivity index is 2.00. The fraction of sp³-hybridized carbons (Fsp3) is 0.941. The molecule has 108 valence electrons. The lowest BCUT2D eigenvalue weighted by atomic mass is 9.76. The van der Waals surface area contributed by atoms with Gasteiger partial charge < -0.3 is 0 Å². The number of rotatable bonds is 7. The smallest absolute Gasteiger partial charge is 0.0672 e. The molecule has 0 saturated heterocycles. The highest BCUT2D eigenvalue weighted by molar-refractivity contribution is 5.01. The molecule has 3 atom stereocenters. The lowest BCUT2D eigenvalue weighted by Crippen LogP contribution is -2.45. The lowest BCUT2D eigenvalue weighted by Gasteiger charge is -2.40. The second-order valence-corrected chi connectivity index (χ2v) is 6.59. The molecule has 0 N–H and O–H groups in total. The Hall–Kier alpha value is -0.550. The first-order valence-corrected chi connectivity index (χ1v) is 8.45. The molecular weight excluding hydrogens is 232 g/mol. The van der Waals surface area contributed by atoms with Gasteiger partial charge in [0.2, 0.25) is 0 Å². The topological polar surface area (TPSA) is 27.0 Å². The second-order valence-electron chi connectivity index (χ2n) is 6.59. The highest BCUT2D eigenvalue weighted by atomic mass is 15.2. The molecule has 0 aromatic heterocycles. The molecule has 2 aliphatic carbocycles. The Morgan fingerprint density at radius 1 is 1.11 bits per heavy atom. The van der Waals surface area contributed by atoms with Crippen molar-refractivity contribution in [1.29, 1.82) is 5.26 Å². The standard InChI is InChI=1S/C17H30N2/c1-3-5-11-19(16-9-10-16)17-12-14(6-4-2)7-8-15(17)13-18/h14-17H,3-12H2,1-2H3. The predicted molar refractivity (Wildman–Crippen MR) is 79.8 cm³/mol. The zero-order valence-electron chi connectivity index (χ0n) is 12.8. The van der Waals surface area contributed by atoms with Gasteiger partial charge in [-0.15, -0.1) is 0 Å². The van der Waals surface area contributed by atoms with E-state index in [2.05, 4.69) is 24.8 Å². The Bertz CT molecular complexity index is 303. The maximum absolute atomic E-state index is 9.48. The van der Waals surface area contributed by atoms with Crippen LogP contribution in [0.1, 0.15) is 71.6 Å². The van der Waals surface area contributed by atoms with Crippen molar-refractivity contribution in [2.75, 3.05) is 6.54 Å². The Morgan fingerprint density at radius 2 is 1.89 bits per heavy atom. The van der Waals surface area contributed by atoms with Crippen molar-refractivity contribution in [3.05, 3.63) is 0 Å². The normalized spacial score (nSPS) is 31.4. The molecule has 2 heteroatoms. The van der Waals surface area contributed by atoms with Crippen molar-refractivity contribution in [3.63, 3.8) is 0 Å². The van der Waals surface area contributed by atoms with E-state index in [1.54, 1.807) is 0 Å². The summed E-state index contributed by atoms with van der Waals surface area (Å²) in [5, 5.41) is 9.48. The number of nitrogens with zero attached hydrogens (tertiary/aromatic N) is 2. The summed E-state index contributed by atoms with van der Waals surface area (Å²) >= 11 is 0. The van der Waals surface area contributed by atoms with Gasteiger partial charge in [-0.1, -0.05) is 33.1 Å². The highest BCUT2D eigenvalue weighted by Gasteiger charge is 2.40. The molecule has 0 bridgehead atoms. The van der Waals surface area contributed by atoms with Crippen LogP contribution in [-0.2, 0) is 0 Å². The van der Waals surface area contributed by atoms with Crippen LogP contribution in [0.4, 0.5) is 0 Å². The van der Waals surface area contributed by atoms with Crippen molar-refractivity contribution < 1.29 is 0 Å². The lowest BCUT2D eigenvalue weighted by molar-refractivity contribution is 0.0893. The predicted octanol–water partition coefficient (Wildman–Crippen LogP) is 4.36. The molecule has 2 aliphatic rings. The first-order valence-electron chi connectivity index (χ1n) is 8.45. The van der Waals surface area contributed by atoms with Gasteiger partial charge in [-0.2, -0.15) is 5.26 Å². The van der Waals surface area contributed by atoms with Gasteiger partial charge in [-0.25, -0.2) is 0 Å². The molecule has 19 heavy (non-hydrogen) atoms. The Labute approximate surface area is 119 Å². The third-order valence-electron chi connectivity index (χ3n) is 5.00. The van der Waals surface area contributed by atoms with Gasteiger partial charge in [0.15, 0.2) is 0 Å². The van der Waals surface area contributed by atoms with Gasteiger partial charge in [0.1, 0.15) is 0 Å². The van der Waals surface area contributed by atoms with Crippen LogP contribution in [0.2, 0.25) is 0 Å². The average Bonchev–Trinajstić information content (AvgIpc) is 3.25. The molecule has 2 rings (SSSR count). The highest BCUT2D eigenvalue weighted by Crippen LogP contribution is 2.39. The van der Waals surface area contributed by atoms with Crippen LogP contribution >= 0.6 is 0 Å². The summed E-state index contributed by atoms with van der Waals surface area (Å²) in [6.07, 6.45) is 11.7. The van der Waals surface area contributed by atoms with Crippen LogP contribution in [0.25, 0.3) is 0 Å². The van der Waals surface area contributed by atoms with Crippen molar-refractivity contribution >= 4 is 0 Å². The number of nitriles is 1. The minimum absolute atomic E-state index is 0.297. The van der Waals surface area contributed by atoms with Crippen LogP contribution in [0.3, 0.4) is 0 Å². The fourth-order valence-corrected chi connectivity index (χ4v) is 3.78. The fourth-order valence-electron chi connectivity index (χ4n) is 3.78. The molecule has 0 radical (unpaired) electrons. The SMILES string of the molecule is CCCCN(C1CC1)C1CC(CCC)CCC1C#N. The van der Waals surface area contributed by atoms with E-state index in [9.17, 15) is 5.26 Å². The molecule has 2 fully saturated rings. The molecule has 0 spiro atoms. The molecule has 0 heterocycles. The first-order chi connectivity index (χ1) is 9.30. The third-order valence-corrected chi connectivity index (χ3v) is 5.00. The van der Waals surface area contributed by atoms with E-state index in [0.29, 0.717) is 12.0 Å². The van der Waals surface area contributed by atoms with Gasteiger partial charge in [0.25, 0.3) is 0 Å². The van der Waals surface area contributed by atoms with E-state index >= 15 is 0 Å². The minimum atomic E-state index is 0.297. The third kappa shape index (κ3) is 3.96. The van der Waals surface area contributed by atoms with Gasteiger partial charge in [0.05, 0.1) is 12.0 Å². The summed E-state index contributed by atoms with van der Waals surface area (Å²) in [6.45, 7) is 5.79. The molecule has 2 saturated carbocycles. The van der Waals surface area contributed by atoms with E-state index in [0.717, 1.165) is 18.4 Å². The van der Waals surface area contributed by atoms with Crippen LogP contribution in [0.15, 0.2) is 0 Å². The van der Waals surface area contributed by atoms with Gasteiger partial charge >= 0.3 is 0 Å². The molecular formula is C17H30N2.